The van der Waals surface area contributed by atoms with Gasteiger partial charge in [0, 0.05) is 12.6 Å². The molecule has 2 aliphatic heterocycles. The van der Waals surface area contributed by atoms with Crippen LogP contribution in [-0.4, -0.2) is 53.6 Å². The van der Waals surface area contributed by atoms with Gasteiger partial charge in [-0.15, -0.1) is 0 Å². The number of carbonyl (C=O) groups is 1. The van der Waals surface area contributed by atoms with E-state index in [0.29, 0.717) is 24.0 Å². The van der Waals surface area contributed by atoms with Gasteiger partial charge in [0.25, 0.3) is 0 Å². The van der Waals surface area contributed by atoms with Gasteiger partial charge in [-0.1, -0.05) is 12.8 Å². The first-order valence-electron chi connectivity index (χ1n) is 8.49. The van der Waals surface area contributed by atoms with E-state index < -0.39 is 0 Å². The van der Waals surface area contributed by atoms with Crippen LogP contribution in [0.1, 0.15) is 51.4 Å². The van der Waals surface area contributed by atoms with Crippen LogP contribution in [0, 0.1) is 5.92 Å². The van der Waals surface area contributed by atoms with E-state index in [1.807, 2.05) is 0 Å². The zero-order chi connectivity index (χ0) is 13.7. The van der Waals surface area contributed by atoms with Crippen LogP contribution in [0.4, 0.5) is 0 Å². The second-order valence-corrected chi connectivity index (χ2v) is 7.49. The van der Waals surface area contributed by atoms with Gasteiger partial charge in [0.05, 0.1) is 11.7 Å². The fourth-order valence-electron chi connectivity index (χ4n) is 4.65. The summed E-state index contributed by atoms with van der Waals surface area (Å²) in [5.41, 5.74) is -0.136. The summed E-state index contributed by atoms with van der Waals surface area (Å²) in [6, 6.07) is 0.444. The Hall–Kier alpha value is -0.610. The van der Waals surface area contributed by atoms with Crippen molar-refractivity contribution in [1.82, 2.24) is 15.1 Å². The van der Waals surface area contributed by atoms with Crippen LogP contribution in [0.3, 0.4) is 0 Å². The minimum absolute atomic E-state index is 0.136. The summed E-state index contributed by atoms with van der Waals surface area (Å²) >= 11 is 0. The van der Waals surface area contributed by atoms with Crippen molar-refractivity contribution in [3.8, 4) is 0 Å². The van der Waals surface area contributed by atoms with Crippen molar-refractivity contribution in [2.75, 3.05) is 20.1 Å². The highest BCUT2D eigenvalue weighted by atomic mass is 16.2. The minimum Gasteiger partial charge on any atom is -0.321 e. The van der Waals surface area contributed by atoms with Crippen LogP contribution < -0.4 is 5.32 Å². The molecule has 4 rings (SSSR count). The molecule has 0 aromatic carbocycles. The lowest BCUT2D eigenvalue weighted by molar-refractivity contribution is -0.134. The highest BCUT2D eigenvalue weighted by Gasteiger charge is 2.61. The van der Waals surface area contributed by atoms with Gasteiger partial charge < -0.3 is 9.80 Å². The second-order valence-electron chi connectivity index (χ2n) is 7.49. The van der Waals surface area contributed by atoms with Crippen LogP contribution in [0.2, 0.25) is 0 Å². The molecule has 4 nitrogen and oxygen atoms in total. The molecule has 1 amide bonds. The molecule has 0 aromatic rings. The van der Waals surface area contributed by atoms with Crippen molar-refractivity contribution in [3.63, 3.8) is 0 Å². The third-order valence-electron chi connectivity index (χ3n) is 5.96. The summed E-state index contributed by atoms with van der Waals surface area (Å²) in [5, 5.41) is 3.75. The van der Waals surface area contributed by atoms with E-state index >= 15 is 0 Å². The van der Waals surface area contributed by atoms with Gasteiger partial charge in [0.1, 0.15) is 0 Å². The number of likely N-dealkylation sites (tertiary alicyclic amines) is 1. The van der Waals surface area contributed by atoms with Gasteiger partial charge in [0.15, 0.2) is 0 Å². The monoisotopic (exact) mass is 277 g/mol. The van der Waals surface area contributed by atoms with Crippen LogP contribution in [0.5, 0.6) is 0 Å². The van der Waals surface area contributed by atoms with Crippen molar-refractivity contribution < 1.29 is 4.79 Å². The molecular weight excluding hydrogens is 250 g/mol. The molecule has 4 fully saturated rings. The van der Waals surface area contributed by atoms with E-state index in [0.717, 1.165) is 19.4 Å². The maximum absolute atomic E-state index is 12.9. The number of likely N-dealkylation sites (N-methyl/N-ethyl adjacent to an activating group) is 1. The number of piperidine rings is 1. The molecule has 4 aliphatic rings. The smallest absolute Gasteiger partial charge is 0.244 e. The van der Waals surface area contributed by atoms with E-state index in [4.69, 9.17) is 0 Å². The molecule has 0 bridgehead atoms. The third-order valence-corrected chi connectivity index (χ3v) is 5.96. The number of amides is 1. The number of rotatable bonds is 2. The summed E-state index contributed by atoms with van der Waals surface area (Å²) in [4.78, 5) is 17.6. The Labute approximate surface area is 121 Å². The quantitative estimate of drug-likeness (QED) is 0.832. The topological polar surface area (TPSA) is 35.6 Å². The number of carbonyl (C=O) groups excluding carboxylic acids is 1. The van der Waals surface area contributed by atoms with Gasteiger partial charge >= 0.3 is 0 Å². The number of hydrogen-bond donors (Lipinski definition) is 1. The fourth-order valence-corrected chi connectivity index (χ4v) is 4.65. The molecule has 2 saturated carbocycles. The normalized spacial score (nSPS) is 38.0. The molecular formula is C16H27N3O. The first-order chi connectivity index (χ1) is 9.70. The summed E-state index contributed by atoms with van der Waals surface area (Å²) < 4.78 is 0. The molecule has 2 atom stereocenters. The van der Waals surface area contributed by atoms with Crippen LogP contribution >= 0.6 is 0 Å². The van der Waals surface area contributed by atoms with E-state index in [1.165, 1.54) is 45.1 Å². The first kappa shape index (κ1) is 13.1. The largest absolute Gasteiger partial charge is 0.321 e. The molecule has 0 aromatic heterocycles. The molecule has 1 N–H and O–H groups in total. The van der Waals surface area contributed by atoms with Crippen molar-refractivity contribution in [2.24, 2.45) is 5.92 Å². The Kier molecular flexibility index (Phi) is 3.08. The van der Waals surface area contributed by atoms with Gasteiger partial charge in [-0.25, -0.2) is 0 Å². The molecule has 2 heterocycles. The zero-order valence-electron chi connectivity index (χ0n) is 12.6. The zero-order valence-corrected chi connectivity index (χ0v) is 12.6. The number of hydrogen-bond acceptors (Lipinski definition) is 3. The highest BCUT2D eigenvalue weighted by Crippen LogP contribution is 2.46. The highest BCUT2D eigenvalue weighted by molar-refractivity contribution is 5.92. The molecule has 20 heavy (non-hydrogen) atoms. The average Bonchev–Trinajstić information content (AvgIpc) is 2.91. The van der Waals surface area contributed by atoms with Gasteiger partial charge in [-0.2, -0.15) is 0 Å². The second kappa shape index (κ2) is 4.70. The lowest BCUT2D eigenvalue weighted by atomic mass is 9.99. The molecule has 4 heteroatoms. The maximum Gasteiger partial charge on any atom is 0.244 e. The molecule has 112 valence electrons. The first-order valence-corrected chi connectivity index (χ1v) is 8.49. The van der Waals surface area contributed by atoms with Crippen molar-refractivity contribution in [2.45, 2.75) is 69.1 Å². The van der Waals surface area contributed by atoms with Crippen LogP contribution in [0.15, 0.2) is 0 Å². The van der Waals surface area contributed by atoms with Crippen LogP contribution in [-0.2, 0) is 4.79 Å². The fraction of sp³-hybridized carbons (Fsp3) is 0.938. The molecule has 2 unspecified atom stereocenters. The van der Waals surface area contributed by atoms with E-state index in [-0.39, 0.29) is 5.54 Å². The Morgan fingerprint density at radius 2 is 1.90 bits per heavy atom. The summed E-state index contributed by atoms with van der Waals surface area (Å²) in [6.45, 7) is 2.25. The summed E-state index contributed by atoms with van der Waals surface area (Å²) in [6.07, 6.45) is 10.2. The molecule has 0 radical (unpaired) electrons. The van der Waals surface area contributed by atoms with Crippen molar-refractivity contribution >= 4 is 5.91 Å². The standard InChI is InChI=1S/C16H27N3O/c1-18-10-4-7-13(11-18)19-14(12-5-2-3-6-12)17-16(8-9-16)15(19)20/h12-14,17H,2-11H2,1H3. The lowest BCUT2D eigenvalue weighted by Crippen LogP contribution is -2.53. The van der Waals surface area contributed by atoms with Crippen molar-refractivity contribution in [1.29, 1.82) is 0 Å². The molecule has 2 saturated heterocycles. The SMILES string of the molecule is CN1CCCC(N2C(=O)C3(CC3)NC2C2CCCC2)C1. The Morgan fingerprint density at radius 3 is 2.55 bits per heavy atom. The van der Waals surface area contributed by atoms with E-state index in [1.54, 1.807) is 0 Å². The van der Waals surface area contributed by atoms with Gasteiger partial charge in [-0.3, -0.25) is 10.1 Å². The summed E-state index contributed by atoms with van der Waals surface area (Å²) in [7, 11) is 2.19. The predicted molar refractivity (Wildman–Crippen MR) is 78.2 cm³/mol. The maximum atomic E-state index is 12.9. The average molecular weight is 277 g/mol. The lowest BCUT2D eigenvalue weighted by Gasteiger charge is -2.40. The number of nitrogens with zero attached hydrogens (tertiary/aromatic N) is 2. The Balaban J connectivity index is 1.57. The van der Waals surface area contributed by atoms with Gasteiger partial charge in [-0.05, 0) is 58.0 Å². The number of nitrogens with one attached hydrogen (secondary N) is 1. The summed E-state index contributed by atoms with van der Waals surface area (Å²) in [5.74, 6) is 1.13. The van der Waals surface area contributed by atoms with E-state index in [9.17, 15) is 4.79 Å². The van der Waals surface area contributed by atoms with Crippen molar-refractivity contribution in [3.05, 3.63) is 0 Å². The van der Waals surface area contributed by atoms with E-state index in [2.05, 4.69) is 22.2 Å². The Morgan fingerprint density at radius 1 is 1.15 bits per heavy atom. The minimum atomic E-state index is -0.136. The van der Waals surface area contributed by atoms with Crippen LogP contribution in [0.25, 0.3) is 0 Å². The predicted octanol–water partition coefficient (Wildman–Crippen LogP) is 1.56. The Bertz CT molecular complexity index is 401. The van der Waals surface area contributed by atoms with Gasteiger partial charge in [0.2, 0.25) is 5.91 Å². The molecule has 2 aliphatic carbocycles. The third kappa shape index (κ3) is 2.00. The molecule has 1 spiro atoms.